The Morgan fingerprint density at radius 2 is 1.54 bits per heavy atom. The number of hydrogen-bond donors (Lipinski definition) is 2. The first-order chi connectivity index (χ1) is 16.4. The lowest BCUT2D eigenvalue weighted by atomic mass is 10.0. The van der Waals surface area contributed by atoms with Crippen molar-refractivity contribution in [1.29, 1.82) is 0 Å². The fourth-order valence-electron chi connectivity index (χ4n) is 3.50. The molecule has 2 N–H and O–H groups in total. The quantitative estimate of drug-likeness (QED) is 0.480. The summed E-state index contributed by atoms with van der Waals surface area (Å²) < 4.78 is 30.6. The highest BCUT2D eigenvalue weighted by molar-refractivity contribution is 7.93. The van der Waals surface area contributed by atoms with Gasteiger partial charge in [-0.3, -0.25) is 9.59 Å². The molecule has 0 aliphatic rings. The zero-order chi connectivity index (χ0) is 25.6. The molecular weight excluding hydrogens is 465 g/mol. The van der Waals surface area contributed by atoms with Crippen LogP contribution in [0.25, 0.3) is 0 Å². The second-order valence-corrected chi connectivity index (χ2v) is 11.6. The Labute approximate surface area is 206 Å². The fraction of sp³-hybridized carbons (Fsp3) is 0.259. The van der Waals surface area contributed by atoms with E-state index in [9.17, 15) is 18.2 Å². The topological polar surface area (TPSA) is 87.6 Å². The summed E-state index contributed by atoms with van der Waals surface area (Å²) in [4.78, 5) is 26.4. The molecule has 3 aromatic rings. The largest absolute Gasteiger partial charge is 0.340 e. The molecule has 0 aliphatic heterocycles. The van der Waals surface area contributed by atoms with Gasteiger partial charge in [0, 0.05) is 28.8 Å². The van der Waals surface area contributed by atoms with E-state index in [1.165, 1.54) is 24.3 Å². The second-order valence-electron chi connectivity index (χ2n) is 9.30. The predicted molar refractivity (Wildman–Crippen MR) is 137 cm³/mol. The lowest BCUT2D eigenvalue weighted by Crippen LogP contribution is -2.45. The average Bonchev–Trinajstić information content (AvgIpc) is 2.78. The van der Waals surface area contributed by atoms with Crippen molar-refractivity contribution in [2.75, 3.05) is 11.6 Å². The molecule has 0 radical (unpaired) electrons. The van der Waals surface area contributed by atoms with E-state index < -0.39 is 38.9 Å². The van der Waals surface area contributed by atoms with Crippen molar-refractivity contribution in [1.82, 2.24) is 5.32 Å². The van der Waals surface area contributed by atoms with Crippen LogP contribution in [0.1, 0.15) is 36.7 Å². The number of nitrogens with one attached hydrogen (secondary N) is 2. The third-order valence-corrected chi connectivity index (χ3v) is 7.06. The van der Waals surface area contributed by atoms with Gasteiger partial charge in [-0.05, 0) is 74.9 Å². The summed E-state index contributed by atoms with van der Waals surface area (Å²) >= 11 is 0. The normalized spacial score (nSPS) is 13.9. The maximum atomic E-state index is 13.2. The molecule has 6 nitrogen and oxygen atoms in total. The zero-order valence-electron chi connectivity index (χ0n) is 20.2. The smallest absolute Gasteiger partial charge is 0.251 e. The maximum absolute atomic E-state index is 13.2. The molecule has 3 rings (SSSR count). The van der Waals surface area contributed by atoms with E-state index in [1.54, 1.807) is 30.5 Å². The SMILES string of the molecule is CC(C)(C)N=S(C)(=O)c1ccc(NC(=O)[C@H](Cc2ccccc2)NC(=O)c2ccc(F)cc2)cc1. The summed E-state index contributed by atoms with van der Waals surface area (Å²) in [5.41, 5.74) is 1.17. The van der Waals surface area contributed by atoms with Crippen LogP contribution in [0.4, 0.5) is 10.1 Å². The first-order valence-corrected chi connectivity index (χ1v) is 13.1. The number of rotatable bonds is 7. The van der Waals surface area contributed by atoms with Gasteiger partial charge in [0.15, 0.2) is 0 Å². The van der Waals surface area contributed by atoms with Crippen molar-refractivity contribution in [3.63, 3.8) is 0 Å². The molecule has 0 aliphatic carbocycles. The number of anilines is 1. The fourth-order valence-corrected chi connectivity index (χ4v) is 5.29. The molecule has 0 saturated heterocycles. The van der Waals surface area contributed by atoms with Crippen molar-refractivity contribution in [2.24, 2.45) is 4.36 Å². The predicted octanol–water partition coefficient (Wildman–Crippen LogP) is 5.06. The summed E-state index contributed by atoms with van der Waals surface area (Å²) in [7, 11) is -2.59. The Kier molecular flexibility index (Phi) is 8.07. The summed E-state index contributed by atoms with van der Waals surface area (Å²) in [5.74, 6) is -1.34. The maximum Gasteiger partial charge on any atom is 0.251 e. The van der Waals surface area contributed by atoms with Crippen molar-refractivity contribution in [3.05, 3.63) is 95.8 Å². The number of carbonyl (C=O) groups is 2. The van der Waals surface area contributed by atoms with Gasteiger partial charge in [-0.25, -0.2) is 13.0 Å². The van der Waals surface area contributed by atoms with Gasteiger partial charge in [0.1, 0.15) is 11.9 Å². The van der Waals surface area contributed by atoms with Gasteiger partial charge in [0.2, 0.25) is 5.91 Å². The van der Waals surface area contributed by atoms with Crippen LogP contribution >= 0.6 is 0 Å². The first kappa shape index (κ1) is 26.1. The minimum Gasteiger partial charge on any atom is -0.340 e. The monoisotopic (exact) mass is 495 g/mol. The third kappa shape index (κ3) is 7.75. The third-order valence-electron chi connectivity index (χ3n) is 5.02. The van der Waals surface area contributed by atoms with Crippen LogP contribution in [0.5, 0.6) is 0 Å². The number of carbonyl (C=O) groups excluding carboxylic acids is 2. The van der Waals surface area contributed by atoms with Crippen LogP contribution in [-0.2, 0) is 20.9 Å². The van der Waals surface area contributed by atoms with Crippen LogP contribution < -0.4 is 10.6 Å². The molecule has 0 bridgehead atoms. The summed E-state index contributed by atoms with van der Waals surface area (Å²) in [6, 6.07) is 20.3. The van der Waals surface area contributed by atoms with Crippen molar-refractivity contribution in [3.8, 4) is 0 Å². The van der Waals surface area contributed by atoms with Gasteiger partial charge >= 0.3 is 0 Å². The Balaban J connectivity index is 1.79. The van der Waals surface area contributed by atoms with Crippen LogP contribution in [0.15, 0.2) is 88.1 Å². The van der Waals surface area contributed by atoms with E-state index in [1.807, 2.05) is 51.1 Å². The minimum absolute atomic E-state index is 0.252. The average molecular weight is 496 g/mol. The molecular formula is C27H30FN3O3S. The van der Waals surface area contributed by atoms with Gasteiger partial charge in [-0.1, -0.05) is 30.3 Å². The van der Waals surface area contributed by atoms with Gasteiger partial charge in [0.25, 0.3) is 5.91 Å². The van der Waals surface area contributed by atoms with Crippen molar-refractivity contribution >= 4 is 27.2 Å². The Morgan fingerprint density at radius 3 is 2.11 bits per heavy atom. The van der Waals surface area contributed by atoms with Gasteiger partial charge in [-0.15, -0.1) is 0 Å². The minimum atomic E-state index is -2.59. The highest BCUT2D eigenvalue weighted by Gasteiger charge is 2.22. The number of benzene rings is 3. The molecule has 2 atom stereocenters. The molecule has 0 fully saturated rings. The number of hydrogen-bond acceptors (Lipinski definition) is 4. The summed E-state index contributed by atoms with van der Waals surface area (Å²) in [6.45, 7) is 5.66. The lowest BCUT2D eigenvalue weighted by Gasteiger charge is -2.19. The van der Waals surface area contributed by atoms with Gasteiger partial charge in [0.05, 0.1) is 15.3 Å². The molecule has 2 amide bonds. The Hall–Kier alpha value is -3.52. The van der Waals surface area contributed by atoms with Crippen LogP contribution in [0, 0.1) is 5.82 Å². The van der Waals surface area contributed by atoms with E-state index in [2.05, 4.69) is 15.0 Å². The lowest BCUT2D eigenvalue weighted by molar-refractivity contribution is -0.118. The highest BCUT2D eigenvalue weighted by atomic mass is 32.2. The molecule has 184 valence electrons. The molecule has 0 heterocycles. The van der Waals surface area contributed by atoms with Crippen molar-refractivity contribution < 1.29 is 18.2 Å². The number of nitrogens with zero attached hydrogens (tertiary/aromatic N) is 1. The van der Waals surface area contributed by atoms with Crippen LogP contribution in [-0.4, -0.2) is 33.9 Å². The number of amides is 2. The Bertz CT molecular complexity index is 1290. The van der Waals surface area contributed by atoms with Crippen molar-refractivity contribution in [2.45, 2.75) is 43.7 Å². The Morgan fingerprint density at radius 1 is 0.943 bits per heavy atom. The van der Waals surface area contributed by atoms with E-state index in [0.717, 1.165) is 5.56 Å². The first-order valence-electron chi connectivity index (χ1n) is 11.2. The molecule has 3 aromatic carbocycles. The molecule has 1 unspecified atom stereocenters. The van der Waals surface area contributed by atoms with E-state index in [0.29, 0.717) is 10.6 Å². The standard InChI is InChI=1S/C27H30FN3O3S/c1-27(2,3)31-35(4,34)23-16-14-22(15-17-23)29-26(33)24(18-19-8-6-5-7-9-19)30-25(32)20-10-12-21(28)13-11-20/h5-17,24H,18H2,1-4H3,(H,29,33)(H,30,32)/t24-,35?/m0/s1. The molecule has 0 saturated carbocycles. The van der Waals surface area contributed by atoms with Crippen LogP contribution in [0.2, 0.25) is 0 Å². The van der Waals surface area contributed by atoms with Crippen LogP contribution in [0.3, 0.4) is 0 Å². The summed E-state index contributed by atoms with van der Waals surface area (Å²) in [5, 5.41) is 5.57. The van der Waals surface area contributed by atoms with E-state index in [4.69, 9.17) is 0 Å². The molecule has 0 spiro atoms. The van der Waals surface area contributed by atoms with E-state index >= 15 is 0 Å². The van der Waals surface area contributed by atoms with Gasteiger partial charge in [-0.2, -0.15) is 0 Å². The zero-order valence-corrected chi connectivity index (χ0v) is 21.1. The molecule has 0 aromatic heterocycles. The van der Waals surface area contributed by atoms with E-state index in [-0.39, 0.29) is 12.0 Å². The highest BCUT2D eigenvalue weighted by Crippen LogP contribution is 2.20. The molecule has 35 heavy (non-hydrogen) atoms. The molecule has 8 heteroatoms. The van der Waals surface area contributed by atoms with Gasteiger partial charge < -0.3 is 10.6 Å². The number of halogens is 1. The second kappa shape index (κ2) is 10.8. The summed E-state index contributed by atoms with van der Waals surface area (Å²) in [6.07, 6.45) is 1.86.